The van der Waals surface area contributed by atoms with Crippen LogP contribution in [-0.4, -0.2) is 34.3 Å². The maximum atomic E-state index is 12.0. The number of ether oxygens (including phenoxy) is 1. The summed E-state index contributed by atoms with van der Waals surface area (Å²) in [6, 6.07) is 8.78. The molecule has 0 bridgehead atoms. The first-order valence-electron chi connectivity index (χ1n) is 7.12. The number of nitrogens with one attached hydrogen (secondary N) is 1. The molecule has 0 unspecified atom stereocenters. The Morgan fingerprint density at radius 3 is 2.50 bits per heavy atom. The first-order chi connectivity index (χ1) is 10.5. The van der Waals surface area contributed by atoms with Crippen LogP contribution in [0.3, 0.4) is 0 Å². The molecule has 0 fully saturated rings. The molecule has 0 saturated carbocycles. The predicted octanol–water partition coefficient (Wildman–Crippen LogP) is 1.86. The van der Waals surface area contributed by atoms with Gasteiger partial charge in [0.1, 0.15) is 0 Å². The van der Waals surface area contributed by atoms with Crippen LogP contribution in [-0.2, 0) is 9.53 Å². The number of aromatic nitrogens is 2. The second kappa shape index (κ2) is 6.89. The van der Waals surface area contributed by atoms with Gasteiger partial charge in [0.15, 0.2) is 6.10 Å². The van der Waals surface area contributed by atoms with Gasteiger partial charge >= 0.3 is 5.97 Å². The Bertz CT molecular complexity index is 662. The molecule has 2 rings (SSSR count). The van der Waals surface area contributed by atoms with E-state index < -0.39 is 12.1 Å². The fourth-order valence-corrected chi connectivity index (χ4v) is 1.98. The molecular weight excluding hydrogens is 282 g/mol. The molecule has 22 heavy (non-hydrogen) atoms. The van der Waals surface area contributed by atoms with E-state index in [2.05, 4.69) is 10.4 Å². The highest BCUT2D eigenvalue weighted by Crippen LogP contribution is 2.12. The third kappa shape index (κ3) is 3.52. The average molecular weight is 301 g/mol. The third-order valence-corrected chi connectivity index (χ3v) is 3.18. The molecule has 6 heteroatoms. The van der Waals surface area contributed by atoms with Gasteiger partial charge in [0.05, 0.1) is 11.3 Å². The Hall–Kier alpha value is -2.63. The molecule has 6 nitrogen and oxygen atoms in total. The predicted molar refractivity (Wildman–Crippen MR) is 81.9 cm³/mol. The number of benzene rings is 1. The molecule has 2 aromatic rings. The summed E-state index contributed by atoms with van der Waals surface area (Å²) < 4.78 is 6.90. The van der Waals surface area contributed by atoms with Crippen LogP contribution in [0, 0.1) is 6.92 Å². The molecule has 0 aliphatic carbocycles. The van der Waals surface area contributed by atoms with E-state index in [-0.39, 0.29) is 5.91 Å². The lowest BCUT2D eigenvalue weighted by atomic mass is 10.2. The summed E-state index contributed by atoms with van der Waals surface area (Å²) in [4.78, 5) is 23.6. The first kappa shape index (κ1) is 15.8. The summed E-state index contributed by atoms with van der Waals surface area (Å²) in [6.07, 6.45) is 0.895. The van der Waals surface area contributed by atoms with Crippen LogP contribution in [0.1, 0.15) is 29.9 Å². The number of hydrogen-bond acceptors (Lipinski definition) is 4. The minimum atomic E-state index is -0.819. The number of esters is 1. The number of aryl methyl sites for hydroxylation is 1. The highest BCUT2D eigenvalue weighted by Gasteiger charge is 2.18. The fourth-order valence-electron chi connectivity index (χ4n) is 1.98. The van der Waals surface area contributed by atoms with Crippen LogP contribution in [0.2, 0.25) is 0 Å². The van der Waals surface area contributed by atoms with Crippen molar-refractivity contribution in [1.29, 1.82) is 0 Å². The number of hydrogen-bond donors (Lipinski definition) is 1. The summed E-state index contributed by atoms with van der Waals surface area (Å²) in [6.45, 7) is 5.80. The van der Waals surface area contributed by atoms with Crippen molar-refractivity contribution in [2.45, 2.75) is 26.9 Å². The minimum Gasteiger partial charge on any atom is -0.449 e. The van der Waals surface area contributed by atoms with Crippen LogP contribution >= 0.6 is 0 Å². The molecule has 0 aliphatic rings. The van der Waals surface area contributed by atoms with E-state index in [1.165, 1.54) is 0 Å². The summed E-state index contributed by atoms with van der Waals surface area (Å²) in [7, 11) is 0. The highest BCUT2D eigenvalue weighted by molar-refractivity contribution is 5.92. The Morgan fingerprint density at radius 1 is 1.27 bits per heavy atom. The number of likely N-dealkylation sites (N-methyl/N-ethyl adjacent to an activating group) is 1. The summed E-state index contributed by atoms with van der Waals surface area (Å²) in [5.41, 5.74) is 2.25. The lowest BCUT2D eigenvalue weighted by Crippen LogP contribution is -2.35. The van der Waals surface area contributed by atoms with Gasteiger partial charge in [0.25, 0.3) is 5.91 Å². The number of carbonyl (C=O) groups is 2. The molecule has 1 heterocycles. The largest absolute Gasteiger partial charge is 0.449 e. The van der Waals surface area contributed by atoms with Crippen molar-refractivity contribution in [1.82, 2.24) is 15.1 Å². The maximum Gasteiger partial charge on any atom is 0.338 e. The highest BCUT2D eigenvalue weighted by atomic mass is 16.5. The van der Waals surface area contributed by atoms with Gasteiger partial charge in [-0.15, -0.1) is 0 Å². The standard InChI is InChI=1S/C16H19N3O3/c1-4-17-15(20)12(3)22-16(21)13-5-7-14(8-6-13)19-11(2)9-10-18-19/h5-10,12H,4H2,1-3H3,(H,17,20)/t12-/m1/s1. The smallest absolute Gasteiger partial charge is 0.338 e. The Kier molecular flexibility index (Phi) is 4.93. The van der Waals surface area contributed by atoms with Gasteiger partial charge in [-0.1, -0.05) is 0 Å². The first-order valence-corrected chi connectivity index (χ1v) is 7.12. The minimum absolute atomic E-state index is 0.306. The zero-order valence-corrected chi connectivity index (χ0v) is 12.9. The zero-order chi connectivity index (χ0) is 16.1. The molecule has 1 amide bonds. The van der Waals surface area contributed by atoms with Crippen LogP contribution in [0.15, 0.2) is 36.5 Å². The monoisotopic (exact) mass is 301 g/mol. The van der Waals surface area contributed by atoms with Gasteiger partial charge in [-0.2, -0.15) is 5.10 Å². The second-order valence-corrected chi connectivity index (χ2v) is 4.87. The molecular formula is C16H19N3O3. The van der Waals surface area contributed by atoms with Crippen LogP contribution < -0.4 is 5.32 Å². The van der Waals surface area contributed by atoms with Gasteiger partial charge in [-0.3, -0.25) is 4.79 Å². The van der Waals surface area contributed by atoms with Gasteiger partial charge in [0.2, 0.25) is 0 Å². The summed E-state index contributed by atoms with van der Waals surface area (Å²) in [5, 5.41) is 6.81. The number of amides is 1. The Balaban J connectivity index is 2.06. The third-order valence-electron chi connectivity index (χ3n) is 3.18. The van der Waals surface area contributed by atoms with E-state index >= 15 is 0 Å². The second-order valence-electron chi connectivity index (χ2n) is 4.87. The molecule has 116 valence electrons. The van der Waals surface area contributed by atoms with Crippen molar-refractivity contribution >= 4 is 11.9 Å². The van der Waals surface area contributed by atoms with E-state index in [9.17, 15) is 9.59 Å². The molecule has 1 aromatic carbocycles. The molecule has 0 saturated heterocycles. The van der Waals surface area contributed by atoms with E-state index in [1.54, 1.807) is 42.1 Å². The number of carbonyl (C=O) groups excluding carboxylic acids is 2. The van der Waals surface area contributed by atoms with Gasteiger partial charge in [-0.05, 0) is 51.1 Å². The van der Waals surface area contributed by atoms with Crippen molar-refractivity contribution in [3.63, 3.8) is 0 Å². The van der Waals surface area contributed by atoms with Crippen molar-refractivity contribution in [2.24, 2.45) is 0 Å². The quantitative estimate of drug-likeness (QED) is 0.856. The van der Waals surface area contributed by atoms with Crippen molar-refractivity contribution in [3.05, 3.63) is 47.8 Å². The SMILES string of the molecule is CCNC(=O)[C@@H](C)OC(=O)c1ccc(-n2nccc2C)cc1. The van der Waals surface area contributed by atoms with Crippen LogP contribution in [0.5, 0.6) is 0 Å². The van der Waals surface area contributed by atoms with Gasteiger partial charge in [-0.25, -0.2) is 9.48 Å². The molecule has 0 radical (unpaired) electrons. The van der Waals surface area contributed by atoms with E-state index in [4.69, 9.17) is 4.74 Å². The molecule has 1 aromatic heterocycles. The maximum absolute atomic E-state index is 12.0. The Labute approximate surface area is 129 Å². The van der Waals surface area contributed by atoms with E-state index in [0.29, 0.717) is 12.1 Å². The number of nitrogens with zero attached hydrogens (tertiary/aromatic N) is 2. The van der Waals surface area contributed by atoms with E-state index in [1.807, 2.05) is 19.9 Å². The van der Waals surface area contributed by atoms with Gasteiger partial charge in [0, 0.05) is 18.4 Å². The van der Waals surface area contributed by atoms with Gasteiger partial charge < -0.3 is 10.1 Å². The van der Waals surface area contributed by atoms with Crippen molar-refractivity contribution in [3.8, 4) is 5.69 Å². The fraction of sp³-hybridized carbons (Fsp3) is 0.312. The Morgan fingerprint density at radius 2 is 1.95 bits per heavy atom. The summed E-state index contributed by atoms with van der Waals surface area (Å²) in [5.74, 6) is -0.831. The van der Waals surface area contributed by atoms with Crippen LogP contribution in [0.25, 0.3) is 5.69 Å². The lowest BCUT2D eigenvalue weighted by molar-refractivity contribution is -0.128. The summed E-state index contributed by atoms with van der Waals surface area (Å²) >= 11 is 0. The normalized spacial score (nSPS) is 11.8. The van der Waals surface area contributed by atoms with Crippen molar-refractivity contribution in [2.75, 3.05) is 6.54 Å². The molecule has 0 aliphatic heterocycles. The average Bonchev–Trinajstić information content (AvgIpc) is 2.93. The topological polar surface area (TPSA) is 73.2 Å². The zero-order valence-electron chi connectivity index (χ0n) is 12.9. The van der Waals surface area contributed by atoms with Crippen LogP contribution in [0.4, 0.5) is 0 Å². The molecule has 1 atom stereocenters. The molecule has 0 spiro atoms. The van der Waals surface area contributed by atoms with E-state index in [0.717, 1.165) is 11.4 Å². The number of rotatable bonds is 5. The van der Waals surface area contributed by atoms with Crippen molar-refractivity contribution < 1.29 is 14.3 Å². The lowest BCUT2D eigenvalue weighted by Gasteiger charge is -2.13. The molecule has 1 N–H and O–H groups in total.